The van der Waals surface area contributed by atoms with Gasteiger partial charge in [-0.1, -0.05) is 13.8 Å². The Morgan fingerprint density at radius 2 is 1.86 bits per heavy atom. The maximum absolute atomic E-state index is 11.3. The summed E-state index contributed by atoms with van der Waals surface area (Å²) in [5, 5.41) is 5.67. The van der Waals surface area contributed by atoms with E-state index in [9.17, 15) is 4.79 Å². The lowest BCUT2D eigenvalue weighted by Crippen LogP contribution is -2.43. The number of hydrogen-bond donors (Lipinski definition) is 2. The van der Waals surface area contributed by atoms with Gasteiger partial charge in [-0.05, 0) is 26.6 Å². The maximum atomic E-state index is 11.3. The van der Waals surface area contributed by atoms with Gasteiger partial charge in [0.05, 0.1) is 6.04 Å². The number of nitrogens with one attached hydrogen (secondary N) is 2. The van der Waals surface area contributed by atoms with E-state index in [0.29, 0.717) is 0 Å². The molecule has 0 aromatic carbocycles. The fourth-order valence-electron chi connectivity index (χ4n) is 1.43. The zero-order valence-electron chi connectivity index (χ0n) is 9.76. The van der Waals surface area contributed by atoms with Crippen LogP contribution in [0.4, 0.5) is 0 Å². The lowest BCUT2D eigenvalue weighted by Gasteiger charge is -2.21. The summed E-state index contributed by atoms with van der Waals surface area (Å²) in [6.45, 7) is 7.32. The van der Waals surface area contributed by atoms with Crippen molar-refractivity contribution in [1.82, 2.24) is 15.5 Å². The van der Waals surface area contributed by atoms with E-state index in [1.807, 2.05) is 7.05 Å². The maximum Gasteiger partial charge on any atom is 0.236 e. The van der Waals surface area contributed by atoms with Gasteiger partial charge in [0.1, 0.15) is 0 Å². The molecule has 4 nitrogen and oxygen atoms in total. The number of nitrogens with zero attached hydrogens (tertiary/aromatic N) is 1. The molecule has 14 heavy (non-hydrogen) atoms. The molecule has 2 N–H and O–H groups in total. The van der Waals surface area contributed by atoms with Crippen molar-refractivity contribution in [1.29, 1.82) is 0 Å². The summed E-state index contributed by atoms with van der Waals surface area (Å²) < 4.78 is 0. The Balaban J connectivity index is 3.88. The highest BCUT2D eigenvalue weighted by molar-refractivity contribution is 5.81. The van der Waals surface area contributed by atoms with Crippen LogP contribution in [0, 0.1) is 0 Å². The molecule has 0 bridgehead atoms. The van der Waals surface area contributed by atoms with Crippen molar-refractivity contribution in [3.63, 3.8) is 0 Å². The van der Waals surface area contributed by atoms with Crippen molar-refractivity contribution < 1.29 is 4.79 Å². The van der Waals surface area contributed by atoms with Gasteiger partial charge in [0.2, 0.25) is 5.91 Å². The second-order valence-corrected chi connectivity index (χ2v) is 3.27. The van der Waals surface area contributed by atoms with Crippen molar-refractivity contribution in [2.45, 2.75) is 26.3 Å². The van der Waals surface area contributed by atoms with Crippen LogP contribution in [0.5, 0.6) is 0 Å². The van der Waals surface area contributed by atoms with Crippen LogP contribution in [0.15, 0.2) is 0 Å². The van der Waals surface area contributed by atoms with Gasteiger partial charge in [-0.25, -0.2) is 0 Å². The lowest BCUT2D eigenvalue weighted by molar-refractivity contribution is -0.122. The third-order valence-electron chi connectivity index (χ3n) is 2.54. The Morgan fingerprint density at radius 1 is 1.29 bits per heavy atom. The largest absolute Gasteiger partial charge is 0.358 e. The monoisotopic (exact) mass is 201 g/mol. The summed E-state index contributed by atoms with van der Waals surface area (Å²) in [6, 6.07) is -0.0689. The van der Waals surface area contributed by atoms with E-state index < -0.39 is 0 Å². The molecule has 0 saturated heterocycles. The first-order valence-electron chi connectivity index (χ1n) is 5.30. The molecule has 0 saturated carbocycles. The van der Waals surface area contributed by atoms with Gasteiger partial charge in [0.15, 0.2) is 0 Å². The predicted octanol–water partition coefficient (Wildman–Crippen LogP) is 0.0523. The summed E-state index contributed by atoms with van der Waals surface area (Å²) in [6.07, 6.45) is 0.859. The van der Waals surface area contributed by atoms with Crippen molar-refractivity contribution in [2.24, 2.45) is 0 Å². The Morgan fingerprint density at radius 3 is 2.21 bits per heavy atom. The first kappa shape index (κ1) is 13.4. The van der Waals surface area contributed by atoms with Crippen LogP contribution in [0.25, 0.3) is 0 Å². The van der Waals surface area contributed by atoms with E-state index in [1.165, 1.54) is 0 Å². The van der Waals surface area contributed by atoms with Gasteiger partial charge < -0.3 is 15.5 Å². The number of hydrogen-bond acceptors (Lipinski definition) is 3. The van der Waals surface area contributed by atoms with Crippen LogP contribution < -0.4 is 10.6 Å². The smallest absolute Gasteiger partial charge is 0.236 e. The average molecular weight is 201 g/mol. The van der Waals surface area contributed by atoms with Crippen molar-refractivity contribution in [2.75, 3.05) is 33.7 Å². The van der Waals surface area contributed by atoms with E-state index in [2.05, 4.69) is 29.4 Å². The molecule has 1 amide bonds. The summed E-state index contributed by atoms with van der Waals surface area (Å²) in [5.41, 5.74) is 0. The second-order valence-electron chi connectivity index (χ2n) is 3.27. The van der Waals surface area contributed by atoms with Gasteiger partial charge in [-0.3, -0.25) is 4.79 Å². The van der Waals surface area contributed by atoms with Crippen molar-refractivity contribution in [3.8, 4) is 0 Å². The number of rotatable bonds is 7. The van der Waals surface area contributed by atoms with Crippen molar-refractivity contribution >= 4 is 5.91 Å². The molecule has 0 radical (unpaired) electrons. The molecule has 0 aliphatic heterocycles. The first-order chi connectivity index (χ1) is 6.69. The van der Waals surface area contributed by atoms with Crippen molar-refractivity contribution in [3.05, 3.63) is 0 Å². The zero-order valence-corrected chi connectivity index (χ0v) is 9.76. The Bertz CT molecular complexity index is 157. The van der Waals surface area contributed by atoms with Gasteiger partial charge in [-0.15, -0.1) is 0 Å². The Kier molecular flexibility index (Phi) is 7.42. The quantitative estimate of drug-likeness (QED) is 0.612. The van der Waals surface area contributed by atoms with E-state index in [-0.39, 0.29) is 11.9 Å². The van der Waals surface area contributed by atoms with Crippen LogP contribution in [0.2, 0.25) is 0 Å². The van der Waals surface area contributed by atoms with Gasteiger partial charge in [0, 0.05) is 13.6 Å². The molecular formula is C10H23N3O. The number of carbonyl (C=O) groups is 1. The van der Waals surface area contributed by atoms with Crippen LogP contribution in [0.1, 0.15) is 20.3 Å². The molecule has 0 aromatic rings. The summed E-state index contributed by atoms with van der Waals surface area (Å²) in [4.78, 5) is 13.7. The van der Waals surface area contributed by atoms with Crippen LogP contribution in [0.3, 0.4) is 0 Å². The Labute approximate surface area is 87.0 Å². The number of amides is 1. The van der Waals surface area contributed by atoms with Crippen LogP contribution in [-0.2, 0) is 4.79 Å². The zero-order chi connectivity index (χ0) is 11.0. The molecular weight excluding hydrogens is 178 g/mol. The molecule has 0 heterocycles. The summed E-state index contributed by atoms with van der Waals surface area (Å²) in [7, 11) is 3.49. The van der Waals surface area contributed by atoms with Crippen LogP contribution >= 0.6 is 0 Å². The second kappa shape index (κ2) is 7.76. The predicted molar refractivity (Wildman–Crippen MR) is 59.3 cm³/mol. The minimum absolute atomic E-state index is 0.0689. The molecule has 4 heteroatoms. The SMILES string of the molecule is CCN(CC)CC[C@H](NC)C(=O)NC. The third-order valence-corrected chi connectivity index (χ3v) is 2.54. The summed E-state index contributed by atoms with van der Waals surface area (Å²) >= 11 is 0. The highest BCUT2D eigenvalue weighted by atomic mass is 16.2. The van der Waals surface area contributed by atoms with E-state index >= 15 is 0 Å². The molecule has 0 unspecified atom stereocenters. The third kappa shape index (κ3) is 4.58. The molecule has 0 rings (SSSR count). The standard InChI is InChI=1S/C10H23N3O/c1-5-13(6-2)8-7-9(11-3)10(14)12-4/h9,11H,5-8H2,1-4H3,(H,12,14)/t9-/m0/s1. The fraction of sp³-hybridized carbons (Fsp3) is 0.900. The number of carbonyl (C=O) groups excluding carboxylic acids is 1. The molecule has 0 spiro atoms. The average Bonchev–Trinajstić information content (AvgIpc) is 2.24. The van der Waals surface area contributed by atoms with E-state index in [1.54, 1.807) is 7.05 Å². The van der Waals surface area contributed by atoms with Gasteiger partial charge in [0.25, 0.3) is 0 Å². The summed E-state index contributed by atoms with van der Waals surface area (Å²) in [5.74, 6) is 0.0691. The molecule has 0 aliphatic rings. The molecule has 0 fully saturated rings. The normalized spacial score (nSPS) is 12.9. The first-order valence-corrected chi connectivity index (χ1v) is 5.30. The van der Waals surface area contributed by atoms with E-state index in [4.69, 9.17) is 0 Å². The number of likely N-dealkylation sites (N-methyl/N-ethyl adjacent to an activating group) is 2. The topological polar surface area (TPSA) is 44.4 Å². The highest BCUT2D eigenvalue weighted by Crippen LogP contribution is 1.96. The van der Waals surface area contributed by atoms with Gasteiger partial charge >= 0.3 is 0 Å². The Hall–Kier alpha value is -0.610. The minimum atomic E-state index is -0.0689. The van der Waals surface area contributed by atoms with Gasteiger partial charge in [-0.2, -0.15) is 0 Å². The lowest BCUT2D eigenvalue weighted by atomic mass is 10.2. The minimum Gasteiger partial charge on any atom is -0.358 e. The molecule has 1 atom stereocenters. The van der Waals surface area contributed by atoms with Crippen LogP contribution in [-0.4, -0.2) is 50.6 Å². The fourth-order valence-corrected chi connectivity index (χ4v) is 1.43. The van der Waals surface area contributed by atoms with E-state index in [0.717, 1.165) is 26.1 Å². The molecule has 0 aromatic heterocycles. The molecule has 0 aliphatic carbocycles. The molecule has 84 valence electrons. The highest BCUT2D eigenvalue weighted by Gasteiger charge is 2.14.